The number of aryl methyl sites for hydroxylation is 1. The molecule has 8 heteroatoms. The molecule has 3 rings (SSSR count). The Balaban J connectivity index is 1.60. The highest BCUT2D eigenvalue weighted by atomic mass is 32.2. The first kappa shape index (κ1) is 25.3. The molecular weight excluding hydrogens is 452 g/mol. The zero-order chi connectivity index (χ0) is 24.6. The largest absolute Gasteiger partial charge is 0.494 e. The highest BCUT2D eigenvalue weighted by molar-refractivity contribution is 7.89. The van der Waals surface area contributed by atoms with Crippen LogP contribution in [0.1, 0.15) is 25.0 Å². The van der Waals surface area contributed by atoms with E-state index in [0.29, 0.717) is 30.4 Å². The van der Waals surface area contributed by atoms with Crippen molar-refractivity contribution in [2.45, 2.75) is 32.3 Å². The van der Waals surface area contributed by atoms with E-state index in [1.165, 1.54) is 6.07 Å². The molecule has 180 valence electrons. The maximum atomic E-state index is 13.1. The molecule has 0 spiro atoms. The lowest BCUT2D eigenvalue weighted by Gasteiger charge is -2.21. The first-order chi connectivity index (χ1) is 16.3. The summed E-state index contributed by atoms with van der Waals surface area (Å²) in [7, 11) is -3.84. The number of carbonyl (C=O) groups excluding carboxylic acids is 1. The van der Waals surface area contributed by atoms with Gasteiger partial charge in [0.25, 0.3) is 0 Å². The second-order valence-electron chi connectivity index (χ2n) is 7.64. The van der Waals surface area contributed by atoms with Crippen LogP contribution in [-0.2, 0) is 21.4 Å². The van der Waals surface area contributed by atoms with E-state index in [-0.39, 0.29) is 18.0 Å². The number of ether oxygens (including phenoxy) is 2. The van der Waals surface area contributed by atoms with E-state index in [4.69, 9.17) is 9.47 Å². The van der Waals surface area contributed by atoms with E-state index in [1.54, 1.807) is 50.2 Å². The van der Waals surface area contributed by atoms with Gasteiger partial charge in [-0.25, -0.2) is 8.42 Å². The minimum Gasteiger partial charge on any atom is -0.494 e. The van der Waals surface area contributed by atoms with Gasteiger partial charge in [-0.1, -0.05) is 37.3 Å². The molecule has 0 radical (unpaired) electrons. The van der Waals surface area contributed by atoms with Gasteiger partial charge in [-0.3, -0.25) is 4.79 Å². The minimum atomic E-state index is -3.84. The highest BCUT2D eigenvalue weighted by Gasteiger charge is 2.26. The van der Waals surface area contributed by atoms with Crippen LogP contribution in [0.15, 0.2) is 77.7 Å². The van der Waals surface area contributed by atoms with Gasteiger partial charge in [-0.15, -0.1) is 0 Å². The second kappa shape index (κ2) is 11.7. The quantitative estimate of drug-likeness (QED) is 0.431. The Kier molecular flexibility index (Phi) is 8.67. The fraction of sp³-hybridized carbons (Fsp3) is 0.269. The molecule has 0 aliphatic heterocycles. The summed E-state index contributed by atoms with van der Waals surface area (Å²) in [4.78, 5) is 12.7. The van der Waals surface area contributed by atoms with Crippen molar-refractivity contribution in [2.75, 3.05) is 25.0 Å². The third-order valence-electron chi connectivity index (χ3n) is 5.14. The Bertz CT molecular complexity index is 1200. The molecule has 7 nitrogen and oxygen atoms in total. The van der Waals surface area contributed by atoms with Crippen LogP contribution in [0.25, 0.3) is 0 Å². The monoisotopic (exact) mass is 482 g/mol. The molecule has 1 amide bonds. The summed E-state index contributed by atoms with van der Waals surface area (Å²) in [6.07, 6.45) is 0. The third kappa shape index (κ3) is 6.59. The Labute approximate surface area is 201 Å². The molecule has 0 saturated heterocycles. The molecule has 34 heavy (non-hydrogen) atoms. The molecule has 1 N–H and O–H groups in total. The maximum absolute atomic E-state index is 13.1. The van der Waals surface area contributed by atoms with Crippen molar-refractivity contribution in [3.8, 4) is 11.5 Å². The van der Waals surface area contributed by atoms with E-state index >= 15 is 0 Å². The predicted octanol–water partition coefficient (Wildman–Crippen LogP) is 4.62. The number of sulfonamides is 1. The Morgan fingerprint density at radius 2 is 1.65 bits per heavy atom. The van der Waals surface area contributed by atoms with Gasteiger partial charge < -0.3 is 14.8 Å². The average Bonchev–Trinajstić information content (AvgIpc) is 2.84. The molecule has 0 aromatic heterocycles. The van der Waals surface area contributed by atoms with Gasteiger partial charge in [-0.05, 0) is 67.4 Å². The molecule has 0 bridgehead atoms. The van der Waals surface area contributed by atoms with Crippen LogP contribution < -0.4 is 14.8 Å². The molecule has 0 fully saturated rings. The van der Waals surface area contributed by atoms with E-state index in [2.05, 4.69) is 5.32 Å². The summed E-state index contributed by atoms with van der Waals surface area (Å²) in [6, 6.07) is 21.5. The Hall–Kier alpha value is -3.36. The van der Waals surface area contributed by atoms with Crippen molar-refractivity contribution in [1.82, 2.24) is 4.31 Å². The van der Waals surface area contributed by atoms with Gasteiger partial charge in [0.15, 0.2) is 0 Å². The fourth-order valence-corrected chi connectivity index (χ4v) is 4.84. The number of rotatable bonds is 11. The number of likely N-dealkylation sites (N-methyl/N-ethyl adjacent to an activating group) is 1. The van der Waals surface area contributed by atoms with Crippen LogP contribution in [0.4, 0.5) is 5.69 Å². The number of nitrogens with zero attached hydrogens (tertiary/aromatic N) is 1. The van der Waals surface area contributed by atoms with Crippen LogP contribution in [0.3, 0.4) is 0 Å². The van der Waals surface area contributed by atoms with E-state index in [0.717, 1.165) is 15.4 Å². The second-order valence-corrected chi connectivity index (χ2v) is 9.58. The topological polar surface area (TPSA) is 84.9 Å². The third-order valence-corrected chi connectivity index (χ3v) is 7.06. The van der Waals surface area contributed by atoms with Crippen molar-refractivity contribution in [2.24, 2.45) is 0 Å². The molecule has 0 aliphatic rings. The van der Waals surface area contributed by atoms with Crippen molar-refractivity contribution >= 4 is 21.6 Å². The van der Waals surface area contributed by atoms with Gasteiger partial charge in [0.1, 0.15) is 18.1 Å². The molecule has 0 saturated carbocycles. The smallest absolute Gasteiger partial charge is 0.243 e. The lowest BCUT2D eigenvalue weighted by atomic mass is 10.2. The first-order valence-electron chi connectivity index (χ1n) is 11.1. The molecule has 0 atom stereocenters. The van der Waals surface area contributed by atoms with Crippen LogP contribution in [-0.4, -0.2) is 38.3 Å². The zero-order valence-corrected chi connectivity index (χ0v) is 20.5. The first-order valence-corrected chi connectivity index (χ1v) is 12.6. The zero-order valence-electron chi connectivity index (χ0n) is 19.7. The van der Waals surface area contributed by atoms with Crippen molar-refractivity contribution in [3.05, 3.63) is 83.9 Å². The number of nitrogens with one attached hydrogen (secondary N) is 1. The molecule has 0 heterocycles. The van der Waals surface area contributed by atoms with Gasteiger partial charge in [0.05, 0.1) is 18.0 Å². The maximum Gasteiger partial charge on any atom is 0.243 e. The number of amides is 1. The van der Waals surface area contributed by atoms with Crippen LogP contribution in [0, 0.1) is 6.92 Å². The standard InChI is InChI=1S/C26H30N2O5S/c1-4-28(34(30,31)24-15-16-25(32-5-2)20(3)17-24)18-26(29)27-22-11-13-23(14-12-22)33-19-21-9-7-6-8-10-21/h6-17H,4-5,18-19H2,1-3H3,(H,27,29). The number of carbonyl (C=O) groups is 1. The summed E-state index contributed by atoms with van der Waals surface area (Å²) in [5, 5.41) is 2.75. The normalized spacial score (nSPS) is 11.3. The number of anilines is 1. The summed E-state index contributed by atoms with van der Waals surface area (Å²) in [5.74, 6) is 0.884. The van der Waals surface area contributed by atoms with Crippen molar-refractivity contribution in [1.29, 1.82) is 0 Å². The summed E-state index contributed by atoms with van der Waals surface area (Å²) >= 11 is 0. The van der Waals surface area contributed by atoms with Gasteiger partial charge in [0, 0.05) is 12.2 Å². The molecule has 0 aliphatic carbocycles. The molecular formula is C26H30N2O5S. The van der Waals surface area contributed by atoms with Crippen molar-refractivity contribution < 1.29 is 22.7 Å². The summed E-state index contributed by atoms with van der Waals surface area (Å²) < 4.78 is 38.6. The number of hydrogen-bond donors (Lipinski definition) is 1. The number of benzene rings is 3. The van der Waals surface area contributed by atoms with Gasteiger partial charge in [-0.2, -0.15) is 4.31 Å². The van der Waals surface area contributed by atoms with Crippen LogP contribution in [0.5, 0.6) is 11.5 Å². The molecule has 0 unspecified atom stereocenters. The van der Waals surface area contributed by atoms with Crippen LogP contribution in [0.2, 0.25) is 0 Å². The molecule has 3 aromatic rings. The Morgan fingerprint density at radius 1 is 0.941 bits per heavy atom. The fourth-order valence-electron chi connectivity index (χ4n) is 3.35. The summed E-state index contributed by atoms with van der Waals surface area (Å²) in [5.41, 5.74) is 2.34. The lowest BCUT2D eigenvalue weighted by molar-refractivity contribution is -0.116. The van der Waals surface area contributed by atoms with Gasteiger partial charge >= 0.3 is 0 Å². The predicted molar refractivity (Wildman–Crippen MR) is 133 cm³/mol. The SMILES string of the molecule is CCOc1ccc(S(=O)(=O)N(CC)CC(=O)Nc2ccc(OCc3ccccc3)cc2)cc1C. The van der Waals surface area contributed by atoms with Gasteiger partial charge in [0.2, 0.25) is 15.9 Å². The van der Waals surface area contributed by atoms with E-state index in [9.17, 15) is 13.2 Å². The minimum absolute atomic E-state index is 0.128. The lowest BCUT2D eigenvalue weighted by Crippen LogP contribution is -2.37. The van der Waals surface area contributed by atoms with E-state index in [1.807, 2.05) is 37.3 Å². The van der Waals surface area contributed by atoms with E-state index < -0.39 is 15.9 Å². The highest BCUT2D eigenvalue weighted by Crippen LogP contribution is 2.24. The van der Waals surface area contributed by atoms with Crippen molar-refractivity contribution in [3.63, 3.8) is 0 Å². The number of hydrogen-bond acceptors (Lipinski definition) is 5. The average molecular weight is 483 g/mol. The molecule has 3 aromatic carbocycles. The Morgan fingerprint density at radius 3 is 2.26 bits per heavy atom. The summed E-state index contributed by atoms with van der Waals surface area (Å²) in [6.45, 7) is 6.17. The van der Waals surface area contributed by atoms with Crippen LogP contribution >= 0.6 is 0 Å².